The van der Waals surface area contributed by atoms with Crippen molar-refractivity contribution in [2.75, 3.05) is 47.5 Å². The molecule has 0 fully saturated rings. The van der Waals surface area contributed by atoms with Crippen LogP contribution in [0.4, 0.5) is 0 Å². The molecule has 0 aromatic heterocycles. The van der Waals surface area contributed by atoms with Crippen LogP contribution in [0.1, 0.15) is 328 Å². The number of aliphatic carboxylic acids is 1. The van der Waals surface area contributed by atoms with Crippen LogP contribution in [0.2, 0.25) is 0 Å². The molecule has 2 unspecified atom stereocenters. The molecule has 0 radical (unpaired) electrons. The Balaban J connectivity index is 3.88. The number of hydrogen-bond acceptors (Lipinski definition) is 8. The van der Waals surface area contributed by atoms with E-state index in [1.165, 1.54) is 257 Å². The van der Waals surface area contributed by atoms with Gasteiger partial charge in [-0.05, 0) is 44.9 Å². The second-order valence-corrected chi connectivity index (χ2v) is 23.8. The van der Waals surface area contributed by atoms with Gasteiger partial charge in [-0.3, -0.25) is 9.59 Å². The molecular formula is C67H127NO8. The lowest BCUT2D eigenvalue weighted by atomic mass is 10.0. The van der Waals surface area contributed by atoms with Gasteiger partial charge in [-0.15, -0.1) is 0 Å². The number of unbranched alkanes of at least 4 members (excludes halogenated alkanes) is 43. The second-order valence-electron chi connectivity index (χ2n) is 23.8. The number of carboxylic acid groups (broad SMARTS) is 1. The second kappa shape index (κ2) is 58.9. The first-order valence-corrected chi connectivity index (χ1v) is 33.0. The van der Waals surface area contributed by atoms with E-state index in [-0.39, 0.29) is 32.2 Å². The largest absolute Gasteiger partial charge is 0.545 e. The lowest BCUT2D eigenvalue weighted by Crippen LogP contribution is -2.44. The van der Waals surface area contributed by atoms with Crippen LogP contribution in [0.15, 0.2) is 24.3 Å². The summed E-state index contributed by atoms with van der Waals surface area (Å²) in [6.07, 6.45) is 68.5. The average Bonchev–Trinajstić information content (AvgIpc) is 3.39. The van der Waals surface area contributed by atoms with Crippen LogP contribution >= 0.6 is 0 Å². The van der Waals surface area contributed by atoms with E-state index in [1.54, 1.807) is 0 Å². The van der Waals surface area contributed by atoms with E-state index >= 15 is 0 Å². The van der Waals surface area contributed by atoms with E-state index in [0.29, 0.717) is 17.4 Å². The molecule has 448 valence electrons. The van der Waals surface area contributed by atoms with Gasteiger partial charge in [0.1, 0.15) is 13.2 Å². The standard InChI is InChI=1S/C67H127NO8/c1-6-8-10-12-14-16-18-20-21-22-23-24-25-26-27-28-29-30-31-32-33-34-35-36-37-38-39-40-41-42-43-44-45-46-48-50-52-54-56-58-65(70)76-63(62-75-67(66(71)72)73-60-59-68(3,4)5)61-74-64(69)57-55-53-51-49-47-19-17-15-13-11-9-7-2/h18,20,22-23,63,67H,6-17,19,21,24-62H2,1-5H3/b20-18-,23-22-. The molecule has 76 heavy (non-hydrogen) atoms. The first kappa shape index (κ1) is 73.8. The van der Waals surface area contributed by atoms with Crippen molar-refractivity contribution in [2.24, 2.45) is 0 Å². The molecule has 0 saturated carbocycles. The monoisotopic (exact) mass is 1070 g/mol. The minimum absolute atomic E-state index is 0.152. The molecule has 0 saturated heterocycles. The molecule has 0 amide bonds. The van der Waals surface area contributed by atoms with Crippen molar-refractivity contribution in [3.05, 3.63) is 24.3 Å². The molecule has 0 aromatic carbocycles. The van der Waals surface area contributed by atoms with Crippen molar-refractivity contribution < 1.29 is 42.9 Å². The third kappa shape index (κ3) is 59.4. The highest BCUT2D eigenvalue weighted by molar-refractivity contribution is 5.70. The Bertz CT molecular complexity index is 1300. The zero-order valence-corrected chi connectivity index (χ0v) is 51.2. The Hall–Kier alpha value is -2.23. The molecule has 9 heteroatoms. The number of carbonyl (C=O) groups is 3. The molecule has 2 atom stereocenters. The number of quaternary nitrogens is 1. The fourth-order valence-corrected chi connectivity index (χ4v) is 9.87. The van der Waals surface area contributed by atoms with Crippen molar-refractivity contribution in [1.82, 2.24) is 0 Å². The normalized spacial score (nSPS) is 12.8. The quantitative estimate of drug-likeness (QED) is 0.0195. The molecule has 9 nitrogen and oxygen atoms in total. The molecule has 0 bridgehead atoms. The summed E-state index contributed by atoms with van der Waals surface area (Å²) in [5.41, 5.74) is 0. The third-order valence-corrected chi connectivity index (χ3v) is 15.0. The fraction of sp³-hybridized carbons (Fsp3) is 0.896. The van der Waals surface area contributed by atoms with Crippen LogP contribution in [-0.4, -0.2) is 82.3 Å². The van der Waals surface area contributed by atoms with Gasteiger partial charge >= 0.3 is 11.9 Å². The van der Waals surface area contributed by atoms with Gasteiger partial charge in [0, 0.05) is 12.8 Å². The topological polar surface area (TPSA) is 111 Å². The summed E-state index contributed by atoms with van der Waals surface area (Å²) < 4.78 is 22.7. The molecule has 0 rings (SSSR count). The van der Waals surface area contributed by atoms with Gasteiger partial charge in [0.25, 0.3) is 0 Å². The Morgan fingerprint density at radius 1 is 0.395 bits per heavy atom. The SMILES string of the molecule is CCCCCCC/C=C\C/C=C\CCCCCCCCCCCCCCCCCCCCCCCCCCCCCC(=O)OC(COC(=O)CCCCCCCCCCCCCC)COC(OCC[N+](C)(C)C)C(=O)[O-]. The Kier molecular flexibility index (Phi) is 57.2. The smallest absolute Gasteiger partial charge is 0.306 e. The summed E-state index contributed by atoms with van der Waals surface area (Å²) in [5, 5.41) is 11.8. The summed E-state index contributed by atoms with van der Waals surface area (Å²) in [5.74, 6) is -2.26. The first-order valence-electron chi connectivity index (χ1n) is 33.0. The molecule has 0 aromatic rings. The van der Waals surface area contributed by atoms with Crippen molar-refractivity contribution >= 4 is 17.9 Å². The lowest BCUT2D eigenvalue weighted by Gasteiger charge is -2.26. The van der Waals surface area contributed by atoms with E-state index in [0.717, 1.165) is 44.9 Å². The highest BCUT2D eigenvalue weighted by Crippen LogP contribution is 2.18. The van der Waals surface area contributed by atoms with Gasteiger partial charge in [-0.1, -0.05) is 295 Å². The molecular weight excluding hydrogens is 947 g/mol. The minimum Gasteiger partial charge on any atom is -0.545 e. The van der Waals surface area contributed by atoms with Crippen LogP contribution in [-0.2, 0) is 33.3 Å². The maximum atomic E-state index is 12.9. The molecule has 0 aliphatic rings. The summed E-state index contributed by atoms with van der Waals surface area (Å²) in [6.45, 7) is 4.78. The fourth-order valence-electron chi connectivity index (χ4n) is 9.87. The van der Waals surface area contributed by atoms with Crippen LogP contribution in [0.25, 0.3) is 0 Å². The number of likely N-dealkylation sites (N-methyl/N-ethyl adjacent to an activating group) is 1. The number of hydrogen-bond donors (Lipinski definition) is 0. The van der Waals surface area contributed by atoms with Crippen LogP contribution in [0.5, 0.6) is 0 Å². The zero-order valence-electron chi connectivity index (χ0n) is 51.2. The highest BCUT2D eigenvalue weighted by atomic mass is 16.7. The van der Waals surface area contributed by atoms with Crippen LogP contribution in [0.3, 0.4) is 0 Å². The van der Waals surface area contributed by atoms with Crippen molar-refractivity contribution in [3.8, 4) is 0 Å². The van der Waals surface area contributed by atoms with Gasteiger partial charge in [-0.2, -0.15) is 0 Å². The predicted octanol–water partition coefficient (Wildman–Crippen LogP) is 18.5. The van der Waals surface area contributed by atoms with Crippen molar-refractivity contribution in [1.29, 1.82) is 0 Å². The number of nitrogens with zero attached hydrogens (tertiary/aromatic N) is 1. The van der Waals surface area contributed by atoms with E-state index < -0.39 is 24.3 Å². The Morgan fingerprint density at radius 2 is 0.711 bits per heavy atom. The molecule has 0 aliphatic carbocycles. The van der Waals surface area contributed by atoms with Gasteiger partial charge < -0.3 is 33.3 Å². The molecule has 0 N–H and O–H groups in total. The number of esters is 2. The van der Waals surface area contributed by atoms with E-state index in [2.05, 4.69) is 38.2 Å². The number of carboxylic acids is 1. The van der Waals surface area contributed by atoms with Gasteiger partial charge in [0.2, 0.25) is 0 Å². The predicted molar refractivity (Wildman–Crippen MR) is 320 cm³/mol. The van der Waals surface area contributed by atoms with Crippen LogP contribution in [0, 0.1) is 0 Å². The number of ether oxygens (including phenoxy) is 4. The minimum atomic E-state index is -1.62. The Labute approximate surface area is 471 Å². The lowest BCUT2D eigenvalue weighted by molar-refractivity contribution is -0.870. The molecule has 0 heterocycles. The summed E-state index contributed by atoms with van der Waals surface area (Å²) in [4.78, 5) is 37.2. The van der Waals surface area contributed by atoms with Crippen molar-refractivity contribution in [2.45, 2.75) is 341 Å². The summed E-state index contributed by atoms with van der Waals surface area (Å²) >= 11 is 0. The molecule has 0 aliphatic heterocycles. The highest BCUT2D eigenvalue weighted by Gasteiger charge is 2.22. The average molecular weight is 1070 g/mol. The maximum Gasteiger partial charge on any atom is 0.306 e. The van der Waals surface area contributed by atoms with Gasteiger partial charge in [-0.25, -0.2) is 0 Å². The van der Waals surface area contributed by atoms with E-state index in [9.17, 15) is 19.5 Å². The molecule has 0 spiro atoms. The Morgan fingerprint density at radius 3 is 1.04 bits per heavy atom. The van der Waals surface area contributed by atoms with Crippen LogP contribution < -0.4 is 5.11 Å². The first-order chi connectivity index (χ1) is 37.1. The summed E-state index contributed by atoms with van der Waals surface area (Å²) in [6, 6.07) is 0. The maximum absolute atomic E-state index is 12.9. The van der Waals surface area contributed by atoms with E-state index in [4.69, 9.17) is 18.9 Å². The van der Waals surface area contributed by atoms with Crippen molar-refractivity contribution in [3.63, 3.8) is 0 Å². The van der Waals surface area contributed by atoms with E-state index in [1.807, 2.05) is 21.1 Å². The number of rotatable bonds is 62. The van der Waals surface area contributed by atoms with Gasteiger partial charge in [0.15, 0.2) is 12.4 Å². The third-order valence-electron chi connectivity index (χ3n) is 15.0. The summed E-state index contributed by atoms with van der Waals surface area (Å²) in [7, 11) is 5.93. The number of carbonyl (C=O) groups excluding carboxylic acids is 3. The van der Waals surface area contributed by atoms with Gasteiger partial charge in [0.05, 0.1) is 40.3 Å². The zero-order chi connectivity index (χ0) is 55.5. The number of allylic oxidation sites excluding steroid dienone is 4.